The first-order chi connectivity index (χ1) is 16.4. The van der Waals surface area contributed by atoms with Gasteiger partial charge in [-0.15, -0.1) is 12.4 Å². The molecule has 0 atom stereocenters. The van der Waals surface area contributed by atoms with Crippen LogP contribution < -0.4 is 11.1 Å². The maximum atomic E-state index is 13.9. The summed E-state index contributed by atoms with van der Waals surface area (Å²) >= 11 is 0. The number of nitrogens with two attached hydrogens (primary N) is 1. The number of ether oxygens (including phenoxy) is 1. The van der Waals surface area contributed by atoms with Crippen molar-refractivity contribution in [1.82, 2.24) is 24.8 Å². The van der Waals surface area contributed by atoms with Gasteiger partial charge < -0.3 is 25.5 Å². The molecule has 0 spiro atoms. The van der Waals surface area contributed by atoms with Crippen molar-refractivity contribution in [2.24, 2.45) is 0 Å². The van der Waals surface area contributed by atoms with Crippen LogP contribution in [0.2, 0.25) is 0 Å². The Labute approximate surface area is 208 Å². The van der Waals surface area contributed by atoms with Gasteiger partial charge in [0, 0.05) is 12.1 Å². The zero-order valence-electron chi connectivity index (χ0n) is 19.4. The third-order valence-corrected chi connectivity index (χ3v) is 5.66. The molecule has 1 fully saturated rings. The molecule has 1 amide bonds. The van der Waals surface area contributed by atoms with Crippen LogP contribution in [0.5, 0.6) is 0 Å². The molecule has 4 N–H and O–H groups in total. The van der Waals surface area contributed by atoms with E-state index in [4.69, 9.17) is 10.5 Å². The average Bonchev–Trinajstić information content (AvgIpc) is 3.18. The van der Waals surface area contributed by atoms with Crippen LogP contribution in [0.15, 0.2) is 24.3 Å². The number of imidazole rings is 1. The van der Waals surface area contributed by atoms with E-state index in [2.05, 4.69) is 32.1 Å². The van der Waals surface area contributed by atoms with E-state index in [1.807, 2.05) is 0 Å². The lowest BCUT2D eigenvalue weighted by Gasteiger charge is -2.26. The topological polar surface area (TPSA) is 128 Å². The summed E-state index contributed by atoms with van der Waals surface area (Å²) in [6.07, 6.45) is 3.60. The van der Waals surface area contributed by atoms with Crippen molar-refractivity contribution in [3.05, 3.63) is 35.9 Å². The number of nitrogens with one attached hydrogen (secondary N) is 1. The molecule has 2 aromatic heterocycles. The predicted molar refractivity (Wildman–Crippen MR) is 132 cm³/mol. The standard InChI is InChI=1S/C24H27FN6O3.ClH/c1-2-27-23(32)34-14-13-31-21(16-7-6-8-17(25)15-16)30-19-20(26)28-18(29-22(19)31)9-12-24(33)10-4-3-5-11-24;/h6-8,15,33H,2-5,10-11,13-14H2,1H3,(H,27,32)(H2,26,28,29);1H. The van der Waals surface area contributed by atoms with E-state index in [9.17, 15) is 14.3 Å². The molecule has 0 aliphatic heterocycles. The summed E-state index contributed by atoms with van der Waals surface area (Å²) < 4.78 is 20.8. The second-order valence-corrected chi connectivity index (χ2v) is 8.21. The Morgan fingerprint density at radius 2 is 2.06 bits per heavy atom. The number of carbonyl (C=O) groups excluding carboxylic acids is 1. The number of hydrogen-bond acceptors (Lipinski definition) is 7. The summed E-state index contributed by atoms with van der Waals surface area (Å²) in [5, 5.41) is 13.3. The SMILES string of the molecule is CCNC(=O)OCCn1c(-c2cccc(F)c2)nc2c(N)nc(C#CC3(O)CCCCC3)nc21.Cl. The monoisotopic (exact) mass is 502 g/mol. The highest BCUT2D eigenvalue weighted by molar-refractivity contribution is 5.86. The minimum absolute atomic E-state index is 0. The van der Waals surface area contributed by atoms with Crippen LogP contribution >= 0.6 is 12.4 Å². The van der Waals surface area contributed by atoms with Gasteiger partial charge in [0.1, 0.15) is 23.8 Å². The average molecular weight is 503 g/mol. The number of carbonyl (C=O) groups is 1. The van der Waals surface area contributed by atoms with Crippen LogP contribution in [0.4, 0.5) is 15.0 Å². The molecular formula is C24H28ClFN6O3. The Balaban J connectivity index is 0.00000342. The van der Waals surface area contributed by atoms with Crippen LogP contribution in [0.3, 0.4) is 0 Å². The van der Waals surface area contributed by atoms with Gasteiger partial charge in [-0.1, -0.05) is 24.5 Å². The van der Waals surface area contributed by atoms with Gasteiger partial charge >= 0.3 is 6.09 Å². The lowest BCUT2D eigenvalue weighted by molar-refractivity contribution is 0.0610. The number of amides is 1. The Morgan fingerprint density at radius 3 is 2.77 bits per heavy atom. The van der Waals surface area contributed by atoms with Gasteiger partial charge in [-0.2, -0.15) is 0 Å². The molecule has 1 aromatic carbocycles. The van der Waals surface area contributed by atoms with Crippen molar-refractivity contribution < 1.29 is 19.0 Å². The first-order valence-electron chi connectivity index (χ1n) is 11.3. The van der Waals surface area contributed by atoms with Crippen LogP contribution in [-0.2, 0) is 11.3 Å². The molecule has 11 heteroatoms. The van der Waals surface area contributed by atoms with Crippen molar-refractivity contribution in [2.45, 2.75) is 51.2 Å². The van der Waals surface area contributed by atoms with Crippen molar-refractivity contribution in [3.63, 3.8) is 0 Å². The molecular weight excluding hydrogens is 475 g/mol. The molecule has 0 saturated heterocycles. The molecule has 2 heterocycles. The number of anilines is 1. The molecule has 1 aliphatic rings. The van der Waals surface area contributed by atoms with Gasteiger partial charge in [-0.25, -0.2) is 24.1 Å². The molecule has 1 aliphatic carbocycles. The Morgan fingerprint density at radius 1 is 1.29 bits per heavy atom. The van der Waals surface area contributed by atoms with E-state index in [1.54, 1.807) is 23.6 Å². The van der Waals surface area contributed by atoms with Crippen molar-refractivity contribution in [3.8, 4) is 23.2 Å². The highest BCUT2D eigenvalue weighted by Crippen LogP contribution is 2.28. The van der Waals surface area contributed by atoms with E-state index in [1.165, 1.54) is 12.1 Å². The minimum atomic E-state index is -1.06. The third kappa shape index (κ3) is 6.18. The first kappa shape index (κ1) is 26.2. The fraction of sp³-hybridized carbons (Fsp3) is 0.417. The lowest BCUT2D eigenvalue weighted by Crippen LogP contribution is -2.29. The molecule has 35 heavy (non-hydrogen) atoms. The number of nitrogen functional groups attached to an aromatic ring is 1. The van der Waals surface area contributed by atoms with Crippen LogP contribution in [-0.4, -0.2) is 49.5 Å². The van der Waals surface area contributed by atoms with Gasteiger partial charge in [0.25, 0.3) is 0 Å². The number of fused-ring (bicyclic) bond motifs is 1. The van der Waals surface area contributed by atoms with E-state index in [0.717, 1.165) is 19.3 Å². The smallest absolute Gasteiger partial charge is 0.407 e. The highest BCUT2D eigenvalue weighted by Gasteiger charge is 2.27. The number of aliphatic hydroxyl groups is 1. The number of benzene rings is 1. The molecule has 4 rings (SSSR count). The molecule has 0 unspecified atom stereocenters. The van der Waals surface area contributed by atoms with Crippen LogP contribution in [0.1, 0.15) is 44.9 Å². The molecule has 0 bridgehead atoms. The van der Waals surface area contributed by atoms with E-state index < -0.39 is 17.5 Å². The summed E-state index contributed by atoms with van der Waals surface area (Å²) in [5.74, 6) is 6.04. The molecule has 0 radical (unpaired) electrons. The van der Waals surface area contributed by atoms with Crippen molar-refractivity contribution in [2.75, 3.05) is 18.9 Å². The van der Waals surface area contributed by atoms with Gasteiger partial charge in [0.15, 0.2) is 17.0 Å². The van der Waals surface area contributed by atoms with E-state index in [-0.39, 0.29) is 37.2 Å². The largest absolute Gasteiger partial charge is 0.448 e. The second kappa shape index (κ2) is 11.3. The Kier molecular flexibility index (Phi) is 8.48. The maximum Gasteiger partial charge on any atom is 0.407 e. The number of hydrogen-bond donors (Lipinski definition) is 3. The fourth-order valence-electron chi connectivity index (χ4n) is 4.00. The van der Waals surface area contributed by atoms with Crippen LogP contribution in [0, 0.1) is 17.7 Å². The third-order valence-electron chi connectivity index (χ3n) is 5.66. The van der Waals surface area contributed by atoms with Gasteiger partial charge in [-0.3, -0.25) is 0 Å². The minimum Gasteiger partial charge on any atom is -0.448 e. The number of alkyl carbamates (subject to hydrolysis) is 1. The number of aromatic nitrogens is 4. The normalized spacial score (nSPS) is 14.5. The number of nitrogens with zero attached hydrogens (tertiary/aromatic N) is 4. The molecule has 3 aromatic rings. The summed E-state index contributed by atoms with van der Waals surface area (Å²) in [5.41, 5.74) is 6.35. The highest BCUT2D eigenvalue weighted by atomic mass is 35.5. The van der Waals surface area contributed by atoms with E-state index in [0.29, 0.717) is 41.9 Å². The quantitative estimate of drug-likeness (QED) is 0.456. The van der Waals surface area contributed by atoms with Crippen molar-refractivity contribution in [1.29, 1.82) is 0 Å². The number of halogens is 2. The first-order valence-corrected chi connectivity index (χ1v) is 11.3. The predicted octanol–water partition coefficient (Wildman–Crippen LogP) is 3.43. The lowest BCUT2D eigenvalue weighted by atomic mass is 9.85. The fourth-order valence-corrected chi connectivity index (χ4v) is 4.00. The maximum absolute atomic E-state index is 13.9. The second-order valence-electron chi connectivity index (χ2n) is 8.21. The van der Waals surface area contributed by atoms with Gasteiger partial charge in [0.2, 0.25) is 5.82 Å². The van der Waals surface area contributed by atoms with E-state index >= 15 is 0 Å². The van der Waals surface area contributed by atoms with Gasteiger partial charge in [-0.05, 0) is 50.7 Å². The Bertz CT molecular complexity index is 1260. The molecule has 9 nitrogen and oxygen atoms in total. The zero-order valence-corrected chi connectivity index (χ0v) is 20.2. The summed E-state index contributed by atoms with van der Waals surface area (Å²) in [4.78, 5) is 25.0. The van der Waals surface area contributed by atoms with Gasteiger partial charge in [0.05, 0.1) is 6.54 Å². The summed E-state index contributed by atoms with van der Waals surface area (Å²) in [7, 11) is 0. The van der Waals surface area contributed by atoms with Crippen molar-refractivity contribution >= 4 is 35.5 Å². The number of rotatable bonds is 5. The molecule has 186 valence electrons. The summed E-state index contributed by atoms with van der Waals surface area (Å²) in [6.45, 7) is 2.47. The Hall–Kier alpha value is -3.42. The molecule has 1 saturated carbocycles. The van der Waals surface area contributed by atoms with Crippen LogP contribution in [0.25, 0.3) is 22.6 Å². The summed E-state index contributed by atoms with van der Waals surface area (Å²) in [6, 6.07) is 5.99. The zero-order chi connectivity index (χ0) is 24.1.